The van der Waals surface area contributed by atoms with Gasteiger partial charge in [-0.05, 0) is 30.7 Å². The van der Waals surface area contributed by atoms with Crippen LogP contribution in [0.1, 0.15) is 18.4 Å². The monoisotopic (exact) mass is 282 g/mol. The van der Waals surface area contributed by atoms with E-state index in [0.29, 0.717) is 18.9 Å². The average Bonchev–Trinajstić information content (AvgIpc) is 2.36. The van der Waals surface area contributed by atoms with Crippen molar-refractivity contribution in [1.29, 1.82) is 0 Å². The van der Waals surface area contributed by atoms with Gasteiger partial charge >= 0.3 is 0 Å². The standard InChI is InChI=1S/C14H22N2O2S/c1-16(11-13-9-14(15)10-13)19(17,18)8-7-12-5-3-2-4-6-12/h2-6,13-14H,7-11,15H2,1H3. The van der Waals surface area contributed by atoms with Gasteiger partial charge in [0.2, 0.25) is 10.0 Å². The molecule has 5 heteroatoms. The summed E-state index contributed by atoms with van der Waals surface area (Å²) in [7, 11) is -1.48. The molecule has 1 aromatic rings. The van der Waals surface area contributed by atoms with Crippen molar-refractivity contribution < 1.29 is 8.42 Å². The molecule has 106 valence electrons. The third-order valence-corrected chi connectivity index (χ3v) is 5.57. The van der Waals surface area contributed by atoms with Gasteiger partial charge in [0, 0.05) is 19.6 Å². The maximum Gasteiger partial charge on any atom is 0.214 e. The van der Waals surface area contributed by atoms with Crippen LogP contribution in [0.4, 0.5) is 0 Å². The quantitative estimate of drug-likeness (QED) is 0.853. The van der Waals surface area contributed by atoms with Gasteiger partial charge in [0.05, 0.1) is 5.75 Å². The minimum Gasteiger partial charge on any atom is -0.328 e. The van der Waals surface area contributed by atoms with E-state index in [-0.39, 0.29) is 11.8 Å². The van der Waals surface area contributed by atoms with Gasteiger partial charge in [-0.2, -0.15) is 0 Å². The summed E-state index contributed by atoms with van der Waals surface area (Å²) in [4.78, 5) is 0. The molecule has 0 radical (unpaired) electrons. The molecule has 0 spiro atoms. The Morgan fingerprint density at radius 2 is 1.89 bits per heavy atom. The molecular formula is C14H22N2O2S. The summed E-state index contributed by atoms with van der Waals surface area (Å²) in [6, 6.07) is 9.98. The Labute approximate surface area is 115 Å². The Bertz CT molecular complexity index is 495. The molecular weight excluding hydrogens is 260 g/mol. The second-order valence-corrected chi connectivity index (χ2v) is 7.63. The molecule has 0 heterocycles. The number of aryl methyl sites for hydroxylation is 1. The van der Waals surface area contributed by atoms with E-state index >= 15 is 0 Å². The first-order chi connectivity index (χ1) is 8.97. The first kappa shape index (κ1) is 14.5. The zero-order valence-electron chi connectivity index (χ0n) is 11.3. The lowest BCUT2D eigenvalue weighted by molar-refractivity contribution is 0.227. The lowest BCUT2D eigenvalue weighted by atomic mass is 9.81. The van der Waals surface area contributed by atoms with Gasteiger partial charge in [0.25, 0.3) is 0 Å². The molecule has 0 aliphatic heterocycles. The molecule has 2 N–H and O–H groups in total. The van der Waals surface area contributed by atoms with Crippen LogP contribution in [0.25, 0.3) is 0 Å². The molecule has 1 fully saturated rings. The van der Waals surface area contributed by atoms with Crippen molar-refractivity contribution in [3.8, 4) is 0 Å². The van der Waals surface area contributed by atoms with Gasteiger partial charge in [-0.25, -0.2) is 12.7 Å². The molecule has 0 saturated heterocycles. The minimum absolute atomic E-state index is 0.173. The molecule has 0 unspecified atom stereocenters. The Balaban J connectivity index is 1.84. The topological polar surface area (TPSA) is 63.4 Å². The summed E-state index contributed by atoms with van der Waals surface area (Å²) in [6.45, 7) is 0.602. The van der Waals surface area contributed by atoms with Crippen LogP contribution in [-0.2, 0) is 16.4 Å². The fraction of sp³-hybridized carbons (Fsp3) is 0.571. The highest BCUT2D eigenvalue weighted by molar-refractivity contribution is 7.89. The van der Waals surface area contributed by atoms with Gasteiger partial charge in [0.15, 0.2) is 0 Å². The Hall–Kier alpha value is -0.910. The largest absolute Gasteiger partial charge is 0.328 e. The number of sulfonamides is 1. The van der Waals surface area contributed by atoms with Gasteiger partial charge in [-0.1, -0.05) is 30.3 Å². The number of hydrogen-bond donors (Lipinski definition) is 1. The van der Waals surface area contributed by atoms with E-state index in [1.54, 1.807) is 7.05 Å². The van der Waals surface area contributed by atoms with Crippen molar-refractivity contribution in [2.24, 2.45) is 11.7 Å². The number of hydrogen-bond acceptors (Lipinski definition) is 3. The predicted molar refractivity (Wildman–Crippen MR) is 77.3 cm³/mol. The molecule has 0 bridgehead atoms. The third-order valence-electron chi connectivity index (χ3n) is 3.75. The summed E-state index contributed by atoms with van der Waals surface area (Å²) in [5.41, 5.74) is 6.78. The van der Waals surface area contributed by atoms with Crippen LogP contribution in [0.3, 0.4) is 0 Å². The molecule has 1 aliphatic rings. The van der Waals surface area contributed by atoms with Gasteiger partial charge in [-0.3, -0.25) is 0 Å². The fourth-order valence-electron chi connectivity index (χ4n) is 2.46. The van der Waals surface area contributed by atoms with E-state index in [4.69, 9.17) is 5.73 Å². The first-order valence-electron chi connectivity index (χ1n) is 6.71. The van der Waals surface area contributed by atoms with Crippen LogP contribution in [0.15, 0.2) is 30.3 Å². The summed E-state index contributed by atoms with van der Waals surface area (Å²) in [5, 5.41) is 0. The second-order valence-electron chi connectivity index (χ2n) is 5.43. The van der Waals surface area contributed by atoms with Crippen molar-refractivity contribution in [2.45, 2.75) is 25.3 Å². The van der Waals surface area contributed by atoms with Gasteiger partial charge in [-0.15, -0.1) is 0 Å². The molecule has 19 heavy (non-hydrogen) atoms. The zero-order chi connectivity index (χ0) is 13.9. The second kappa shape index (κ2) is 6.03. The summed E-state index contributed by atoms with van der Waals surface area (Å²) in [5.74, 6) is 0.609. The summed E-state index contributed by atoms with van der Waals surface area (Å²) in [6.07, 6.45) is 2.45. The summed E-state index contributed by atoms with van der Waals surface area (Å²) < 4.78 is 25.8. The molecule has 0 aromatic heterocycles. The van der Waals surface area contributed by atoms with Crippen LogP contribution >= 0.6 is 0 Å². The highest BCUT2D eigenvalue weighted by Gasteiger charge is 2.29. The van der Waals surface area contributed by atoms with Crippen LogP contribution in [0.2, 0.25) is 0 Å². The van der Waals surface area contributed by atoms with Crippen LogP contribution in [-0.4, -0.2) is 38.1 Å². The van der Waals surface area contributed by atoms with Crippen molar-refractivity contribution in [1.82, 2.24) is 4.31 Å². The van der Waals surface area contributed by atoms with E-state index in [1.165, 1.54) is 4.31 Å². The van der Waals surface area contributed by atoms with Crippen LogP contribution in [0, 0.1) is 5.92 Å². The lowest BCUT2D eigenvalue weighted by Crippen LogP contribution is -2.43. The minimum atomic E-state index is -3.15. The molecule has 1 saturated carbocycles. The number of rotatable bonds is 6. The number of benzene rings is 1. The maximum absolute atomic E-state index is 12.2. The van der Waals surface area contributed by atoms with Crippen molar-refractivity contribution in [3.63, 3.8) is 0 Å². The SMILES string of the molecule is CN(CC1CC(N)C1)S(=O)(=O)CCc1ccccc1. The van der Waals surface area contributed by atoms with E-state index in [1.807, 2.05) is 30.3 Å². The van der Waals surface area contributed by atoms with E-state index in [9.17, 15) is 8.42 Å². The summed E-state index contributed by atoms with van der Waals surface area (Å²) >= 11 is 0. The Kier molecular flexibility index (Phi) is 4.60. The normalized spacial score (nSPS) is 23.3. The molecule has 1 aliphatic carbocycles. The molecule has 1 aromatic carbocycles. The van der Waals surface area contributed by atoms with Crippen molar-refractivity contribution in [2.75, 3.05) is 19.3 Å². The van der Waals surface area contributed by atoms with Gasteiger partial charge < -0.3 is 5.73 Å². The highest BCUT2D eigenvalue weighted by atomic mass is 32.2. The zero-order valence-corrected chi connectivity index (χ0v) is 12.1. The van der Waals surface area contributed by atoms with E-state index in [2.05, 4.69) is 0 Å². The lowest BCUT2D eigenvalue weighted by Gasteiger charge is -2.34. The van der Waals surface area contributed by atoms with E-state index < -0.39 is 10.0 Å². The van der Waals surface area contributed by atoms with Crippen molar-refractivity contribution >= 4 is 10.0 Å². The molecule has 0 amide bonds. The Morgan fingerprint density at radius 1 is 1.26 bits per heavy atom. The Morgan fingerprint density at radius 3 is 2.47 bits per heavy atom. The van der Waals surface area contributed by atoms with Crippen LogP contribution < -0.4 is 5.73 Å². The van der Waals surface area contributed by atoms with Crippen LogP contribution in [0.5, 0.6) is 0 Å². The maximum atomic E-state index is 12.2. The molecule has 0 atom stereocenters. The highest BCUT2D eigenvalue weighted by Crippen LogP contribution is 2.26. The third kappa shape index (κ3) is 4.03. The fourth-order valence-corrected chi connectivity index (χ4v) is 3.70. The van der Waals surface area contributed by atoms with Crippen molar-refractivity contribution in [3.05, 3.63) is 35.9 Å². The molecule has 4 nitrogen and oxygen atoms in total. The van der Waals surface area contributed by atoms with E-state index in [0.717, 1.165) is 18.4 Å². The smallest absolute Gasteiger partial charge is 0.214 e. The average molecular weight is 282 g/mol. The number of nitrogens with two attached hydrogens (primary N) is 1. The first-order valence-corrected chi connectivity index (χ1v) is 8.32. The molecule has 2 rings (SSSR count). The number of nitrogens with zero attached hydrogens (tertiary/aromatic N) is 1. The predicted octanol–water partition coefficient (Wildman–Crippen LogP) is 1.23. The van der Waals surface area contributed by atoms with Gasteiger partial charge in [0.1, 0.15) is 0 Å².